The van der Waals surface area contributed by atoms with Crippen LogP contribution in [0.25, 0.3) is 10.9 Å². The number of hydrogen-bond acceptors (Lipinski definition) is 5. The van der Waals surface area contributed by atoms with Crippen LogP contribution in [0.1, 0.15) is 22.5 Å². The molecule has 0 spiro atoms. The molecule has 30 heavy (non-hydrogen) atoms. The number of nitrogens with zero attached hydrogens (tertiary/aromatic N) is 2. The number of nitrogens with one attached hydrogen (secondary N) is 2. The lowest BCUT2D eigenvalue weighted by Crippen LogP contribution is -2.42. The lowest BCUT2D eigenvalue weighted by atomic mass is 10.2. The van der Waals surface area contributed by atoms with Gasteiger partial charge < -0.3 is 14.9 Å². The predicted octanol–water partition coefficient (Wildman–Crippen LogP) is 1.64. The maximum absolute atomic E-state index is 12.5. The number of carbonyl (C=O) groups excluding carboxylic acids is 2. The first-order valence-electron chi connectivity index (χ1n) is 9.22. The molecule has 10 heteroatoms. The topological polar surface area (TPSA) is 121 Å². The average molecular weight is 430 g/mol. The van der Waals surface area contributed by atoms with Crippen LogP contribution in [0.15, 0.2) is 46.2 Å². The first-order valence-corrected chi connectivity index (χ1v) is 10.7. The van der Waals surface area contributed by atoms with Crippen LogP contribution in [-0.2, 0) is 21.9 Å². The third kappa shape index (κ3) is 4.34. The van der Waals surface area contributed by atoms with Gasteiger partial charge in [-0.15, -0.1) is 0 Å². The highest BCUT2D eigenvalue weighted by Gasteiger charge is 2.31. The van der Waals surface area contributed by atoms with Crippen molar-refractivity contribution >= 4 is 39.3 Å². The fourth-order valence-corrected chi connectivity index (χ4v) is 4.79. The number of aromatic nitrogens is 2. The van der Waals surface area contributed by atoms with Gasteiger partial charge in [0.25, 0.3) is 5.56 Å². The number of rotatable bonds is 5. The molecule has 1 fully saturated rings. The van der Waals surface area contributed by atoms with Crippen molar-refractivity contribution < 1.29 is 18.0 Å². The summed E-state index contributed by atoms with van der Waals surface area (Å²) < 4.78 is 27.9. The summed E-state index contributed by atoms with van der Waals surface area (Å²) in [7, 11) is -1.81. The first kappa shape index (κ1) is 21.5. The second-order valence-corrected chi connectivity index (χ2v) is 8.86. The van der Waals surface area contributed by atoms with E-state index in [9.17, 15) is 22.8 Å². The summed E-state index contributed by atoms with van der Waals surface area (Å²) in [6.07, 6.45) is 3.72. The minimum absolute atomic E-state index is 0.142. The number of pyridine rings is 1. The zero-order valence-electron chi connectivity index (χ0n) is 16.6. The number of carbonyl (C=O) groups is 2. The summed E-state index contributed by atoms with van der Waals surface area (Å²) in [5.41, 5.74) is 2.14. The monoisotopic (exact) mass is 430 g/mol. The number of hydrogen-bond donors (Lipinski definition) is 2. The fraction of sp³-hybridized carbons (Fsp3) is 0.250. The van der Waals surface area contributed by atoms with Gasteiger partial charge in [-0.1, -0.05) is 0 Å². The molecule has 1 aromatic carbocycles. The molecule has 9 nitrogen and oxygen atoms in total. The lowest BCUT2D eigenvalue weighted by molar-refractivity contribution is -0.105. The maximum atomic E-state index is 12.5. The predicted molar refractivity (Wildman–Crippen MR) is 113 cm³/mol. The van der Waals surface area contributed by atoms with E-state index in [0.29, 0.717) is 42.7 Å². The van der Waals surface area contributed by atoms with Crippen molar-refractivity contribution in [3.8, 4) is 0 Å². The van der Waals surface area contributed by atoms with Gasteiger partial charge in [-0.2, -0.15) is 4.31 Å². The Morgan fingerprint density at radius 1 is 1.13 bits per heavy atom. The summed E-state index contributed by atoms with van der Waals surface area (Å²) in [4.78, 5) is 34.8. The summed E-state index contributed by atoms with van der Waals surface area (Å²) >= 11 is 0. The molecule has 0 unspecified atom stereocenters. The Labute approximate surface area is 173 Å². The van der Waals surface area contributed by atoms with Crippen LogP contribution in [0.4, 0.5) is 5.69 Å². The number of H-pyrrole nitrogens is 1. The standard InChI is InChI=1S/C13H14N2O3S.C7H8N2O2/c1-9-5-10-7-11(8-16)14-13(10)12(6-9)19(17,18)15-3-2-4-15;1-9-3-2-6(8-5-10)4-7(9)11/h5-8,14H,2-4H2,1H3;2-5H,1H3,(H,8,10). The molecular formula is C20H22N4O5S. The maximum Gasteiger partial charge on any atom is 0.252 e. The highest BCUT2D eigenvalue weighted by Crippen LogP contribution is 2.29. The van der Waals surface area contributed by atoms with Gasteiger partial charge in [0, 0.05) is 43.5 Å². The van der Waals surface area contributed by atoms with Gasteiger partial charge in [-0.25, -0.2) is 8.42 Å². The molecule has 1 aliphatic heterocycles. The second-order valence-electron chi connectivity index (χ2n) is 6.95. The number of benzene rings is 1. The second kappa shape index (κ2) is 8.64. The quantitative estimate of drug-likeness (QED) is 0.596. The number of anilines is 1. The molecule has 3 aromatic rings. The summed E-state index contributed by atoms with van der Waals surface area (Å²) in [5, 5.41) is 3.13. The van der Waals surface area contributed by atoms with Gasteiger partial charge in [0.2, 0.25) is 16.4 Å². The van der Waals surface area contributed by atoms with Gasteiger partial charge in [0.05, 0.1) is 11.2 Å². The van der Waals surface area contributed by atoms with E-state index in [1.54, 1.807) is 31.4 Å². The summed E-state index contributed by atoms with van der Waals surface area (Å²) in [6.45, 7) is 2.99. The van der Waals surface area contributed by atoms with Crippen molar-refractivity contribution in [2.24, 2.45) is 7.05 Å². The smallest absolute Gasteiger partial charge is 0.252 e. The van der Waals surface area contributed by atoms with Gasteiger partial charge in [0.1, 0.15) is 4.90 Å². The van der Waals surface area contributed by atoms with E-state index in [1.807, 2.05) is 13.0 Å². The van der Waals surface area contributed by atoms with Crippen LogP contribution in [-0.4, -0.2) is 48.1 Å². The van der Waals surface area contributed by atoms with E-state index >= 15 is 0 Å². The number of amides is 1. The van der Waals surface area contributed by atoms with E-state index in [2.05, 4.69) is 10.3 Å². The highest BCUT2D eigenvalue weighted by atomic mass is 32.2. The molecule has 3 heterocycles. The van der Waals surface area contributed by atoms with Crippen LogP contribution in [0, 0.1) is 6.92 Å². The number of aryl methyl sites for hydroxylation is 2. The van der Waals surface area contributed by atoms with Crippen LogP contribution in [0.3, 0.4) is 0 Å². The summed E-state index contributed by atoms with van der Waals surface area (Å²) in [5.74, 6) is 0. The molecule has 1 amide bonds. The molecule has 0 aliphatic carbocycles. The van der Waals surface area contributed by atoms with E-state index in [4.69, 9.17) is 0 Å². The number of fused-ring (bicyclic) bond motifs is 1. The van der Waals surface area contributed by atoms with Crippen LogP contribution >= 0.6 is 0 Å². The van der Waals surface area contributed by atoms with Crippen molar-refractivity contribution in [2.45, 2.75) is 18.2 Å². The lowest BCUT2D eigenvalue weighted by Gasteiger charge is -2.29. The molecule has 158 valence electrons. The van der Waals surface area contributed by atoms with Gasteiger partial charge in [0.15, 0.2) is 6.29 Å². The Morgan fingerprint density at radius 2 is 1.87 bits per heavy atom. The van der Waals surface area contributed by atoms with Crippen molar-refractivity contribution in [1.82, 2.24) is 13.9 Å². The van der Waals surface area contributed by atoms with Crippen LogP contribution < -0.4 is 10.9 Å². The molecule has 2 N–H and O–H groups in total. The first-order chi connectivity index (χ1) is 14.3. The molecule has 0 bridgehead atoms. The molecule has 0 saturated carbocycles. The van der Waals surface area contributed by atoms with Crippen molar-refractivity contribution in [3.05, 3.63) is 58.1 Å². The summed E-state index contributed by atoms with van der Waals surface area (Å²) in [6, 6.07) is 8.20. The van der Waals surface area contributed by atoms with Crippen LogP contribution in [0.5, 0.6) is 0 Å². The Hall–Kier alpha value is -3.24. The van der Waals surface area contributed by atoms with Crippen molar-refractivity contribution in [1.29, 1.82) is 0 Å². The minimum Gasteiger partial charge on any atom is -0.351 e. The molecule has 1 aliphatic rings. The Morgan fingerprint density at radius 3 is 2.43 bits per heavy atom. The van der Waals surface area contributed by atoms with Gasteiger partial charge >= 0.3 is 0 Å². The molecule has 4 rings (SSSR count). The highest BCUT2D eigenvalue weighted by molar-refractivity contribution is 7.89. The number of sulfonamides is 1. The van der Waals surface area contributed by atoms with Crippen molar-refractivity contribution in [3.63, 3.8) is 0 Å². The van der Waals surface area contributed by atoms with E-state index < -0.39 is 10.0 Å². The zero-order chi connectivity index (χ0) is 21.9. The normalized spacial score (nSPS) is 13.8. The Balaban J connectivity index is 0.000000199. The van der Waals surface area contributed by atoms with E-state index in [0.717, 1.165) is 17.4 Å². The number of aromatic amines is 1. The SMILES string of the molecule is Cc1cc(S(=O)(=O)N2CCC2)c2[nH]c(C=O)cc2c1.Cn1ccc(NC=O)cc1=O. The molecule has 0 atom stereocenters. The van der Waals surface area contributed by atoms with Crippen molar-refractivity contribution in [2.75, 3.05) is 18.4 Å². The molecular weight excluding hydrogens is 408 g/mol. The minimum atomic E-state index is -3.46. The van der Waals surface area contributed by atoms with Crippen LogP contribution in [0.2, 0.25) is 0 Å². The molecule has 0 radical (unpaired) electrons. The average Bonchev–Trinajstić information content (AvgIpc) is 3.06. The largest absolute Gasteiger partial charge is 0.351 e. The van der Waals surface area contributed by atoms with E-state index in [1.165, 1.54) is 14.9 Å². The van der Waals surface area contributed by atoms with Gasteiger partial charge in [-0.3, -0.25) is 14.4 Å². The number of aldehydes is 1. The third-order valence-corrected chi connectivity index (χ3v) is 6.67. The fourth-order valence-electron chi connectivity index (χ4n) is 3.02. The zero-order valence-corrected chi connectivity index (χ0v) is 17.4. The molecule has 2 aromatic heterocycles. The Kier molecular flexibility index (Phi) is 6.18. The third-order valence-electron chi connectivity index (χ3n) is 4.75. The van der Waals surface area contributed by atoms with E-state index in [-0.39, 0.29) is 10.5 Å². The molecule has 1 saturated heterocycles. The Bertz CT molecular complexity index is 1260. The van der Waals surface area contributed by atoms with Gasteiger partial charge in [-0.05, 0) is 43.2 Å².